The molecule has 4 aromatic rings. The fourth-order valence-electron chi connectivity index (χ4n) is 3.22. The highest BCUT2D eigenvalue weighted by molar-refractivity contribution is 6.05. The Morgan fingerprint density at radius 1 is 1.07 bits per heavy atom. The van der Waals surface area contributed by atoms with Crippen LogP contribution in [-0.2, 0) is 13.6 Å². The predicted molar refractivity (Wildman–Crippen MR) is 105 cm³/mol. The van der Waals surface area contributed by atoms with Gasteiger partial charge in [-0.15, -0.1) is 0 Å². The van der Waals surface area contributed by atoms with Crippen molar-refractivity contribution in [3.63, 3.8) is 0 Å². The van der Waals surface area contributed by atoms with Gasteiger partial charge in [-0.05, 0) is 23.3 Å². The Labute approximate surface area is 157 Å². The van der Waals surface area contributed by atoms with E-state index in [1.807, 2.05) is 37.8 Å². The number of nitrogens with zero attached hydrogens (tertiary/aromatic N) is 5. The van der Waals surface area contributed by atoms with Crippen molar-refractivity contribution in [2.75, 3.05) is 14.1 Å². The molecule has 0 aliphatic heterocycles. The quantitative estimate of drug-likeness (QED) is 0.562. The van der Waals surface area contributed by atoms with Crippen molar-refractivity contribution in [1.82, 2.24) is 24.2 Å². The monoisotopic (exact) mass is 359 g/mol. The smallest absolute Gasteiger partial charge is 0.257 e. The molecule has 0 aliphatic rings. The lowest BCUT2D eigenvalue weighted by Crippen LogP contribution is -2.21. The second-order valence-corrected chi connectivity index (χ2v) is 6.84. The van der Waals surface area contributed by atoms with Crippen molar-refractivity contribution >= 4 is 16.9 Å². The molecule has 0 saturated heterocycles. The highest BCUT2D eigenvalue weighted by Crippen LogP contribution is 2.23. The zero-order valence-electron chi connectivity index (χ0n) is 15.6. The third kappa shape index (κ3) is 3.21. The van der Waals surface area contributed by atoms with Gasteiger partial charge in [0, 0.05) is 51.8 Å². The van der Waals surface area contributed by atoms with Gasteiger partial charge in [0.1, 0.15) is 5.52 Å². The molecule has 0 atom stereocenters. The predicted octanol–water partition coefficient (Wildman–Crippen LogP) is 3.19. The Morgan fingerprint density at radius 3 is 2.52 bits per heavy atom. The number of pyridine rings is 1. The number of hydrogen-bond acceptors (Lipinski definition) is 3. The van der Waals surface area contributed by atoms with Gasteiger partial charge in [0.15, 0.2) is 0 Å². The van der Waals surface area contributed by atoms with Crippen LogP contribution in [-0.4, -0.2) is 44.2 Å². The molecule has 0 fully saturated rings. The van der Waals surface area contributed by atoms with Gasteiger partial charge in [0.25, 0.3) is 5.91 Å². The van der Waals surface area contributed by atoms with Crippen LogP contribution in [0, 0.1) is 0 Å². The van der Waals surface area contributed by atoms with E-state index in [9.17, 15) is 4.79 Å². The number of hydrogen-bond donors (Lipinski definition) is 0. The highest BCUT2D eigenvalue weighted by Gasteiger charge is 2.17. The summed E-state index contributed by atoms with van der Waals surface area (Å²) in [4.78, 5) is 18.5. The summed E-state index contributed by atoms with van der Waals surface area (Å²) in [5, 5.41) is 4.22. The van der Waals surface area contributed by atoms with Gasteiger partial charge in [-0.2, -0.15) is 5.10 Å². The summed E-state index contributed by atoms with van der Waals surface area (Å²) < 4.78 is 3.88. The van der Waals surface area contributed by atoms with E-state index in [1.165, 1.54) is 0 Å². The fraction of sp³-hybridized carbons (Fsp3) is 0.190. The molecule has 6 heteroatoms. The van der Waals surface area contributed by atoms with Crippen molar-refractivity contribution in [2.24, 2.45) is 7.05 Å². The molecular weight excluding hydrogens is 338 g/mol. The minimum atomic E-state index is -0.0376. The molecule has 3 heterocycles. The Hall–Kier alpha value is -3.41. The average molecular weight is 359 g/mol. The third-order valence-electron chi connectivity index (χ3n) is 4.62. The molecule has 0 bridgehead atoms. The van der Waals surface area contributed by atoms with Gasteiger partial charge < -0.3 is 9.47 Å². The zero-order chi connectivity index (χ0) is 19.0. The topological polar surface area (TPSA) is 56.0 Å². The highest BCUT2D eigenvalue weighted by atomic mass is 16.2. The van der Waals surface area contributed by atoms with Crippen molar-refractivity contribution in [3.8, 4) is 11.1 Å². The van der Waals surface area contributed by atoms with E-state index in [1.54, 1.807) is 29.9 Å². The van der Waals surface area contributed by atoms with Gasteiger partial charge in [-0.25, -0.2) is 0 Å². The zero-order valence-corrected chi connectivity index (χ0v) is 15.6. The van der Waals surface area contributed by atoms with Crippen LogP contribution < -0.4 is 0 Å². The van der Waals surface area contributed by atoms with Gasteiger partial charge >= 0.3 is 0 Å². The fourth-order valence-corrected chi connectivity index (χ4v) is 3.22. The van der Waals surface area contributed by atoms with Crippen LogP contribution in [0.15, 0.2) is 61.2 Å². The summed E-state index contributed by atoms with van der Waals surface area (Å²) in [6.07, 6.45) is 7.48. The van der Waals surface area contributed by atoms with Crippen molar-refractivity contribution in [2.45, 2.75) is 6.54 Å². The Morgan fingerprint density at radius 2 is 1.85 bits per heavy atom. The Kier molecular flexibility index (Phi) is 4.24. The number of amides is 1. The maximum absolute atomic E-state index is 12.5. The first-order valence-electron chi connectivity index (χ1n) is 8.76. The number of fused-ring (bicyclic) bond motifs is 1. The van der Waals surface area contributed by atoms with Crippen LogP contribution in [0.3, 0.4) is 0 Å². The Bertz CT molecular complexity index is 1110. The third-order valence-corrected chi connectivity index (χ3v) is 4.62. The number of aryl methyl sites for hydroxylation is 1. The minimum absolute atomic E-state index is 0.0376. The van der Waals surface area contributed by atoms with Crippen LogP contribution in [0.1, 0.15) is 15.9 Å². The van der Waals surface area contributed by atoms with Crippen LogP contribution in [0.25, 0.3) is 22.2 Å². The van der Waals surface area contributed by atoms with E-state index in [0.717, 1.165) is 27.7 Å². The summed E-state index contributed by atoms with van der Waals surface area (Å²) >= 11 is 0. The molecule has 0 saturated carbocycles. The summed E-state index contributed by atoms with van der Waals surface area (Å²) in [6, 6.07) is 12.3. The maximum atomic E-state index is 12.5. The molecule has 1 aromatic carbocycles. The minimum Gasteiger partial charge on any atom is -0.345 e. The van der Waals surface area contributed by atoms with E-state index in [2.05, 4.69) is 38.9 Å². The summed E-state index contributed by atoms with van der Waals surface area (Å²) in [5.74, 6) is -0.0376. The largest absolute Gasteiger partial charge is 0.345 e. The molecular formula is C21H21N5O. The molecule has 6 nitrogen and oxygen atoms in total. The molecule has 0 N–H and O–H groups in total. The van der Waals surface area contributed by atoms with Gasteiger partial charge in [0.05, 0.1) is 17.3 Å². The van der Waals surface area contributed by atoms with Gasteiger partial charge in [-0.3, -0.25) is 14.5 Å². The van der Waals surface area contributed by atoms with E-state index < -0.39 is 0 Å². The van der Waals surface area contributed by atoms with Crippen LogP contribution in [0.2, 0.25) is 0 Å². The number of carbonyl (C=O) groups is 1. The molecule has 27 heavy (non-hydrogen) atoms. The first kappa shape index (κ1) is 17.0. The Balaban J connectivity index is 1.66. The normalized spacial score (nSPS) is 11.1. The van der Waals surface area contributed by atoms with E-state index >= 15 is 0 Å². The number of aromatic nitrogens is 4. The molecule has 1 amide bonds. The first-order chi connectivity index (χ1) is 13.0. The van der Waals surface area contributed by atoms with Crippen molar-refractivity contribution in [1.29, 1.82) is 0 Å². The molecule has 4 rings (SSSR count). The molecule has 3 aromatic heterocycles. The van der Waals surface area contributed by atoms with Gasteiger partial charge in [0.2, 0.25) is 0 Å². The summed E-state index contributed by atoms with van der Waals surface area (Å²) in [5.41, 5.74) is 5.71. The number of carbonyl (C=O) groups excluding carboxylic acids is 1. The number of rotatable bonds is 4. The van der Waals surface area contributed by atoms with E-state index in [0.29, 0.717) is 12.1 Å². The molecule has 0 radical (unpaired) electrons. The molecule has 0 unspecified atom stereocenters. The van der Waals surface area contributed by atoms with E-state index in [-0.39, 0.29) is 5.91 Å². The van der Waals surface area contributed by atoms with Crippen LogP contribution in [0.4, 0.5) is 0 Å². The van der Waals surface area contributed by atoms with Crippen molar-refractivity contribution in [3.05, 3.63) is 72.3 Å². The van der Waals surface area contributed by atoms with E-state index in [4.69, 9.17) is 0 Å². The summed E-state index contributed by atoms with van der Waals surface area (Å²) in [6.45, 7) is 0.677. The molecule has 136 valence electrons. The number of benzene rings is 1. The standard InChI is InChI=1S/C21H21N5O/c1-24(2)21(27)18-14-26(19-5-4-10-22-20(18)19)12-15-6-8-16(9-7-15)17-11-23-25(3)13-17/h4-11,13-14H,12H2,1-3H3. The van der Waals surface area contributed by atoms with Crippen molar-refractivity contribution < 1.29 is 4.79 Å². The average Bonchev–Trinajstić information content (AvgIpc) is 3.26. The lowest BCUT2D eigenvalue weighted by atomic mass is 10.1. The maximum Gasteiger partial charge on any atom is 0.257 e. The van der Waals surface area contributed by atoms with Gasteiger partial charge in [-0.1, -0.05) is 24.3 Å². The van der Waals surface area contributed by atoms with Crippen LogP contribution >= 0.6 is 0 Å². The molecule has 0 spiro atoms. The molecule has 0 aliphatic carbocycles. The second-order valence-electron chi connectivity index (χ2n) is 6.84. The first-order valence-corrected chi connectivity index (χ1v) is 8.76. The lowest BCUT2D eigenvalue weighted by molar-refractivity contribution is 0.0829. The SMILES string of the molecule is CN(C)C(=O)c1cn(Cc2ccc(-c3cnn(C)c3)cc2)c2cccnc12. The lowest BCUT2D eigenvalue weighted by Gasteiger charge is -2.08. The van der Waals surface area contributed by atoms with Crippen LogP contribution in [0.5, 0.6) is 0 Å². The summed E-state index contributed by atoms with van der Waals surface area (Å²) in [7, 11) is 5.42. The second kappa shape index (κ2) is 6.72.